The number of carbonyl (C=O) groups is 2. The van der Waals surface area contributed by atoms with Crippen LogP contribution in [0.3, 0.4) is 0 Å². The maximum Gasteiger partial charge on any atom is 0.255 e. The summed E-state index contributed by atoms with van der Waals surface area (Å²) in [5.74, 6) is -0.605. The van der Waals surface area contributed by atoms with Crippen LogP contribution in [0.5, 0.6) is 0 Å². The summed E-state index contributed by atoms with van der Waals surface area (Å²) in [7, 11) is 0. The van der Waals surface area contributed by atoms with Crippen LogP contribution in [0.2, 0.25) is 0 Å². The molecule has 0 unspecified atom stereocenters. The van der Waals surface area contributed by atoms with Crippen molar-refractivity contribution in [3.05, 3.63) is 12.2 Å². The predicted octanol–water partition coefficient (Wildman–Crippen LogP) is -0.0946. The molecule has 0 saturated heterocycles. The minimum Gasteiger partial charge on any atom is -0.361 e. The van der Waals surface area contributed by atoms with E-state index in [4.69, 9.17) is 4.74 Å². The zero-order valence-corrected chi connectivity index (χ0v) is 6.24. The number of rotatable bonds is 3. The van der Waals surface area contributed by atoms with E-state index in [1.807, 2.05) is 0 Å². The van der Waals surface area contributed by atoms with Crippen LogP contribution in [0.25, 0.3) is 0 Å². The first kappa shape index (κ1) is 7.94. The highest BCUT2D eigenvalue weighted by Gasteiger charge is 2.22. The fraction of sp³-hybridized carbons (Fsp3) is 0.429. The first-order valence-electron chi connectivity index (χ1n) is 3.37. The smallest absolute Gasteiger partial charge is 0.255 e. The molecule has 60 valence electrons. The molecule has 0 aromatic rings. The van der Waals surface area contributed by atoms with Crippen molar-refractivity contribution >= 4 is 11.8 Å². The molecule has 11 heavy (non-hydrogen) atoms. The van der Waals surface area contributed by atoms with Crippen LogP contribution in [-0.4, -0.2) is 30.1 Å². The van der Waals surface area contributed by atoms with E-state index in [0.29, 0.717) is 6.61 Å². The van der Waals surface area contributed by atoms with Gasteiger partial charge in [0, 0.05) is 18.8 Å². The van der Waals surface area contributed by atoms with Crippen molar-refractivity contribution in [3.63, 3.8) is 0 Å². The Morgan fingerprint density at radius 2 is 1.91 bits per heavy atom. The van der Waals surface area contributed by atoms with Crippen molar-refractivity contribution < 1.29 is 14.3 Å². The molecular weight excluding hydrogens is 146 g/mol. The summed E-state index contributed by atoms with van der Waals surface area (Å²) in [4.78, 5) is 22.7. The number of nitrogens with zero attached hydrogens (tertiary/aromatic N) is 1. The average Bonchev–Trinajstić information content (AvgIpc) is 2.29. The van der Waals surface area contributed by atoms with E-state index in [0.717, 1.165) is 4.90 Å². The van der Waals surface area contributed by atoms with Crippen LogP contribution in [0.4, 0.5) is 0 Å². The summed E-state index contributed by atoms with van der Waals surface area (Å²) in [5.41, 5.74) is 0. The third-order valence-electron chi connectivity index (χ3n) is 1.33. The highest BCUT2D eigenvalue weighted by Crippen LogP contribution is 2.02. The molecule has 0 aromatic carbocycles. The number of imide groups is 1. The molecule has 0 bridgehead atoms. The van der Waals surface area contributed by atoms with Gasteiger partial charge < -0.3 is 4.74 Å². The standard InChI is InChI=1S/C7H9NO3/c1-2-11-5-8-6(9)3-4-7(8)10/h3-4H,2,5H2,1H3. The molecule has 1 rings (SSSR count). The number of hydrogen-bond donors (Lipinski definition) is 0. The second-order valence-electron chi connectivity index (χ2n) is 2.06. The fourth-order valence-corrected chi connectivity index (χ4v) is 0.741. The number of carbonyl (C=O) groups excluding carboxylic acids is 2. The van der Waals surface area contributed by atoms with Gasteiger partial charge in [0.1, 0.15) is 6.73 Å². The van der Waals surface area contributed by atoms with Gasteiger partial charge in [-0.05, 0) is 6.92 Å². The largest absolute Gasteiger partial charge is 0.361 e. The van der Waals surface area contributed by atoms with Crippen LogP contribution in [0, 0.1) is 0 Å². The Balaban J connectivity index is 2.46. The molecule has 1 aliphatic heterocycles. The van der Waals surface area contributed by atoms with Crippen LogP contribution in [-0.2, 0) is 14.3 Å². The molecule has 0 aromatic heterocycles. The van der Waals surface area contributed by atoms with Crippen LogP contribution in [0.15, 0.2) is 12.2 Å². The minimum atomic E-state index is -0.302. The van der Waals surface area contributed by atoms with Crippen molar-refractivity contribution in [1.82, 2.24) is 4.90 Å². The molecule has 0 radical (unpaired) electrons. The quantitative estimate of drug-likeness (QED) is 0.535. The molecule has 0 spiro atoms. The zero-order chi connectivity index (χ0) is 8.27. The van der Waals surface area contributed by atoms with E-state index in [2.05, 4.69) is 0 Å². The number of ether oxygens (including phenoxy) is 1. The van der Waals surface area contributed by atoms with Gasteiger partial charge in [-0.25, -0.2) is 0 Å². The van der Waals surface area contributed by atoms with Crippen LogP contribution in [0.1, 0.15) is 6.92 Å². The van der Waals surface area contributed by atoms with Crippen molar-refractivity contribution in [2.45, 2.75) is 6.92 Å². The van der Waals surface area contributed by atoms with Gasteiger partial charge in [0.15, 0.2) is 0 Å². The van der Waals surface area contributed by atoms with Crippen molar-refractivity contribution in [1.29, 1.82) is 0 Å². The third kappa shape index (κ3) is 1.65. The molecule has 0 saturated carbocycles. The van der Waals surface area contributed by atoms with Crippen molar-refractivity contribution in [2.75, 3.05) is 13.3 Å². The average molecular weight is 155 g/mol. The van der Waals surface area contributed by atoms with E-state index in [-0.39, 0.29) is 18.5 Å². The van der Waals surface area contributed by atoms with E-state index in [1.54, 1.807) is 6.92 Å². The van der Waals surface area contributed by atoms with E-state index >= 15 is 0 Å². The highest BCUT2D eigenvalue weighted by molar-refractivity contribution is 6.12. The minimum absolute atomic E-state index is 0.0567. The summed E-state index contributed by atoms with van der Waals surface area (Å²) in [5, 5.41) is 0. The Morgan fingerprint density at radius 1 is 1.36 bits per heavy atom. The number of amides is 2. The second kappa shape index (κ2) is 3.30. The Kier molecular flexibility index (Phi) is 2.38. The molecule has 1 heterocycles. The maximum atomic E-state index is 10.8. The van der Waals surface area contributed by atoms with Gasteiger partial charge in [0.2, 0.25) is 0 Å². The number of hydrogen-bond acceptors (Lipinski definition) is 3. The Morgan fingerprint density at radius 3 is 2.36 bits per heavy atom. The maximum absolute atomic E-state index is 10.8. The Hall–Kier alpha value is -1.16. The van der Waals surface area contributed by atoms with Gasteiger partial charge in [0.25, 0.3) is 11.8 Å². The van der Waals surface area contributed by atoms with Gasteiger partial charge in [0.05, 0.1) is 0 Å². The van der Waals surface area contributed by atoms with E-state index in [1.165, 1.54) is 12.2 Å². The molecule has 0 N–H and O–H groups in total. The molecule has 0 atom stereocenters. The van der Waals surface area contributed by atoms with Crippen LogP contribution >= 0.6 is 0 Å². The van der Waals surface area contributed by atoms with E-state index < -0.39 is 0 Å². The van der Waals surface area contributed by atoms with Crippen LogP contribution < -0.4 is 0 Å². The second-order valence-corrected chi connectivity index (χ2v) is 2.06. The lowest BCUT2D eigenvalue weighted by Crippen LogP contribution is -2.32. The fourth-order valence-electron chi connectivity index (χ4n) is 0.741. The Labute approximate surface area is 64.4 Å². The topological polar surface area (TPSA) is 46.6 Å². The summed E-state index contributed by atoms with van der Waals surface area (Å²) in [6.45, 7) is 2.36. The summed E-state index contributed by atoms with van der Waals surface area (Å²) in [6.07, 6.45) is 2.47. The summed E-state index contributed by atoms with van der Waals surface area (Å²) >= 11 is 0. The zero-order valence-electron chi connectivity index (χ0n) is 6.24. The lowest BCUT2D eigenvalue weighted by Gasteiger charge is -2.12. The summed E-state index contributed by atoms with van der Waals surface area (Å²) < 4.78 is 4.90. The first-order chi connectivity index (χ1) is 5.25. The van der Waals surface area contributed by atoms with E-state index in [9.17, 15) is 9.59 Å². The first-order valence-corrected chi connectivity index (χ1v) is 3.37. The van der Waals surface area contributed by atoms with Gasteiger partial charge in [-0.3, -0.25) is 14.5 Å². The van der Waals surface area contributed by atoms with Gasteiger partial charge in [-0.15, -0.1) is 0 Å². The van der Waals surface area contributed by atoms with Crippen molar-refractivity contribution in [3.8, 4) is 0 Å². The third-order valence-corrected chi connectivity index (χ3v) is 1.33. The molecule has 1 aliphatic rings. The molecule has 0 fully saturated rings. The molecule has 0 aliphatic carbocycles. The van der Waals surface area contributed by atoms with Gasteiger partial charge in [-0.1, -0.05) is 0 Å². The Bertz CT molecular complexity index is 192. The summed E-state index contributed by atoms with van der Waals surface area (Å²) in [6, 6.07) is 0. The molecule has 4 nitrogen and oxygen atoms in total. The van der Waals surface area contributed by atoms with Gasteiger partial charge in [-0.2, -0.15) is 0 Å². The van der Waals surface area contributed by atoms with Gasteiger partial charge >= 0.3 is 0 Å². The highest BCUT2D eigenvalue weighted by atomic mass is 16.5. The molecule has 2 amide bonds. The lowest BCUT2D eigenvalue weighted by molar-refractivity contribution is -0.142. The monoisotopic (exact) mass is 155 g/mol. The lowest BCUT2D eigenvalue weighted by atomic mass is 10.6. The normalized spacial score (nSPS) is 16.6. The SMILES string of the molecule is CCOCN1C(=O)C=CC1=O. The predicted molar refractivity (Wildman–Crippen MR) is 37.5 cm³/mol. The van der Waals surface area contributed by atoms with Crippen molar-refractivity contribution in [2.24, 2.45) is 0 Å². The molecule has 4 heteroatoms. The molecular formula is C7H9NO3.